The zero-order chi connectivity index (χ0) is 19.3. The normalized spacial score (nSPS) is 12.5. The molecule has 0 radical (unpaired) electrons. The van der Waals surface area contributed by atoms with Crippen LogP contribution in [0.5, 0.6) is 11.5 Å². The molecule has 144 valence electrons. The van der Waals surface area contributed by atoms with E-state index in [1.54, 1.807) is 0 Å². The van der Waals surface area contributed by atoms with Crippen LogP contribution in [-0.2, 0) is 6.42 Å². The molecule has 0 spiro atoms. The molecule has 0 fully saturated rings. The monoisotopic (exact) mass is 377 g/mol. The summed E-state index contributed by atoms with van der Waals surface area (Å²) in [5.74, 6) is 2.93. The van der Waals surface area contributed by atoms with E-state index in [2.05, 4.69) is 25.2 Å². The fourth-order valence-electron chi connectivity index (χ4n) is 3.01. The molecule has 3 heterocycles. The lowest BCUT2D eigenvalue weighted by Crippen LogP contribution is -2.22. The van der Waals surface area contributed by atoms with Crippen LogP contribution in [0.2, 0.25) is 0 Å². The molecule has 7 heteroatoms. The zero-order valence-corrected chi connectivity index (χ0v) is 16.1. The summed E-state index contributed by atoms with van der Waals surface area (Å²) >= 11 is 0. The van der Waals surface area contributed by atoms with E-state index < -0.39 is 0 Å². The third-order valence-corrected chi connectivity index (χ3v) is 4.52. The highest BCUT2D eigenvalue weighted by molar-refractivity contribution is 5.61. The second kappa shape index (κ2) is 8.12. The Morgan fingerprint density at radius 2 is 1.79 bits per heavy atom. The van der Waals surface area contributed by atoms with Crippen molar-refractivity contribution in [1.29, 1.82) is 0 Å². The van der Waals surface area contributed by atoms with Gasteiger partial charge in [0.2, 0.25) is 5.95 Å². The van der Waals surface area contributed by atoms with Crippen LogP contribution in [0.15, 0.2) is 48.8 Å². The molecule has 4 rings (SSSR count). The molecule has 0 aliphatic carbocycles. The molecule has 28 heavy (non-hydrogen) atoms. The van der Waals surface area contributed by atoms with Crippen LogP contribution < -0.4 is 19.7 Å². The highest BCUT2D eigenvalue weighted by Crippen LogP contribution is 2.33. The van der Waals surface area contributed by atoms with Gasteiger partial charge in [-0.3, -0.25) is 4.98 Å². The minimum absolute atomic E-state index is 0.558. The molecular formula is C21H23N5O2. The summed E-state index contributed by atoms with van der Waals surface area (Å²) < 4.78 is 11.2. The van der Waals surface area contributed by atoms with Crippen molar-refractivity contribution in [3.8, 4) is 11.5 Å². The van der Waals surface area contributed by atoms with Crippen molar-refractivity contribution in [3.63, 3.8) is 0 Å². The lowest BCUT2D eigenvalue weighted by Gasteiger charge is -2.20. The first-order chi connectivity index (χ1) is 13.7. The minimum atomic E-state index is 0.558. The lowest BCUT2D eigenvalue weighted by molar-refractivity contribution is 0.171. The molecule has 3 aromatic rings. The fraction of sp³-hybridized carbons (Fsp3) is 0.286. The first kappa shape index (κ1) is 18.0. The number of nitrogens with zero attached hydrogens (tertiary/aromatic N) is 4. The second-order valence-corrected chi connectivity index (χ2v) is 6.70. The highest BCUT2D eigenvalue weighted by atomic mass is 16.6. The van der Waals surface area contributed by atoms with Crippen LogP contribution in [0.4, 0.5) is 17.5 Å². The van der Waals surface area contributed by atoms with Crippen LogP contribution in [0, 0.1) is 6.92 Å². The van der Waals surface area contributed by atoms with Gasteiger partial charge in [-0.15, -0.1) is 0 Å². The van der Waals surface area contributed by atoms with E-state index in [9.17, 15) is 0 Å². The Labute approximate surface area is 164 Å². The van der Waals surface area contributed by atoms with E-state index in [0.29, 0.717) is 19.2 Å². The minimum Gasteiger partial charge on any atom is -0.486 e. The third-order valence-electron chi connectivity index (χ3n) is 4.52. The molecular weight excluding hydrogens is 354 g/mol. The Morgan fingerprint density at radius 1 is 1.00 bits per heavy atom. The van der Waals surface area contributed by atoms with Gasteiger partial charge >= 0.3 is 0 Å². The molecule has 0 unspecified atom stereocenters. The number of hydrogen-bond donors (Lipinski definition) is 1. The molecule has 2 aromatic heterocycles. The van der Waals surface area contributed by atoms with Crippen LogP contribution in [0.1, 0.15) is 11.3 Å². The topological polar surface area (TPSA) is 72.4 Å². The van der Waals surface area contributed by atoms with Gasteiger partial charge < -0.3 is 19.7 Å². The fourth-order valence-corrected chi connectivity index (χ4v) is 3.01. The Balaban J connectivity index is 1.47. The van der Waals surface area contributed by atoms with Crippen LogP contribution >= 0.6 is 0 Å². The Bertz CT molecular complexity index is 949. The van der Waals surface area contributed by atoms with E-state index in [1.807, 2.05) is 62.8 Å². The molecule has 0 bridgehead atoms. The maximum Gasteiger partial charge on any atom is 0.229 e. The Kier molecular flexibility index (Phi) is 5.23. The standard InChI is InChI=1S/C21H23N5O2/c1-15-13-20(26(2)10-7-16-5-8-22-9-6-16)25-21(23-15)24-17-3-4-18-19(14-17)28-12-11-27-18/h3-6,8-9,13-14H,7,10-12H2,1-2H3,(H,23,24,25). The number of hydrogen-bond acceptors (Lipinski definition) is 7. The average Bonchev–Trinajstić information content (AvgIpc) is 2.72. The van der Waals surface area contributed by atoms with E-state index in [4.69, 9.17) is 9.47 Å². The maximum atomic E-state index is 5.64. The van der Waals surface area contributed by atoms with E-state index in [0.717, 1.165) is 41.7 Å². The van der Waals surface area contributed by atoms with Gasteiger partial charge in [0.05, 0.1) is 0 Å². The van der Waals surface area contributed by atoms with Gasteiger partial charge in [-0.2, -0.15) is 4.98 Å². The summed E-state index contributed by atoms with van der Waals surface area (Å²) in [5, 5.41) is 3.27. The smallest absolute Gasteiger partial charge is 0.229 e. The number of likely N-dealkylation sites (N-methyl/N-ethyl adjacent to an activating group) is 1. The molecule has 0 saturated carbocycles. The summed E-state index contributed by atoms with van der Waals surface area (Å²) in [5.41, 5.74) is 3.02. The first-order valence-electron chi connectivity index (χ1n) is 9.30. The molecule has 1 aliphatic rings. The van der Waals surface area contributed by atoms with Gasteiger partial charge in [0, 0.05) is 49.5 Å². The summed E-state index contributed by atoms with van der Waals surface area (Å²) in [4.78, 5) is 15.4. The summed E-state index contributed by atoms with van der Waals surface area (Å²) in [6.45, 7) is 3.96. The Morgan fingerprint density at radius 3 is 2.61 bits per heavy atom. The number of benzene rings is 1. The SMILES string of the molecule is Cc1cc(N(C)CCc2ccncc2)nc(Nc2ccc3c(c2)OCCO3)n1. The molecule has 0 amide bonds. The number of fused-ring (bicyclic) bond motifs is 1. The number of aromatic nitrogens is 3. The largest absolute Gasteiger partial charge is 0.486 e. The molecule has 7 nitrogen and oxygen atoms in total. The van der Waals surface area contributed by atoms with Crippen molar-refractivity contribution in [1.82, 2.24) is 15.0 Å². The third kappa shape index (κ3) is 4.31. The predicted octanol–water partition coefficient (Wildman–Crippen LogP) is 3.37. The molecule has 1 N–H and O–H groups in total. The van der Waals surface area contributed by atoms with Gasteiger partial charge in [0.1, 0.15) is 19.0 Å². The van der Waals surface area contributed by atoms with Gasteiger partial charge in [-0.25, -0.2) is 4.98 Å². The number of rotatable bonds is 6. The van der Waals surface area contributed by atoms with Gasteiger partial charge in [-0.1, -0.05) is 0 Å². The van der Waals surface area contributed by atoms with Crippen molar-refractivity contribution in [2.75, 3.05) is 37.0 Å². The number of pyridine rings is 1. The van der Waals surface area contributed by atoms with Crippen molar-refractivity contribution >= 4 is 17.5 Å². The molecule has 1 aromatic carbocycles. The van der Waals surface area contributed by atoms with Crippen molar-refractivity contribution in [2.24, 2.45) is 0 Å². The molecule has 0 atom stereocenters. The number of aryl methyl sites for hydroxylation is 1. The summed E-state index contributed by atoms with van der Waals surface area (Å²) in [6, 6.07) is 11.8. The lowest BCUT2D eigenvalue weighted by atomic mass is 10.2. The van der Waals surface area contributed by atoms with Gasteiger partial charge in [-0.05, 0) is 43.2 Å². The summed E-state index contributed by atoms with van der Waals surface area (Å²) in [7, 11) is 2.04. The van der Waals surface area contributed by atoms with Crippen LogP contribution in [-0.4, -0.2) is 41.8 Å². The number of nitrogens with one attached hydrogen (secondary N) is 1. The quantitative estimate of drug-likeness (QED) is 0.706. The van der Waals surface area contributed by atoms with Gasteiger partial charge in [0.15, 0.2) is 11.5 Å². The second-order valence-electron chi connectivity index (χ2n) is 6.70. The first-order valence-corrected chi connectivity index (χ1v) is 9.30. The molecule has 1 aliphatic heterocycles. The van der Waals surface area contributed by atoms with E-state index in [1.165, 1.54) is 5.56 Å². The molecule has 0 saturated heterocycles. The van der Waals surface area contributed by atoms with E-state index >= 15 is 0 Å². The average molecular weight is 377 g/mol. The van der Waals surface area contributed by atoms with Crippen LogP contribution in [0.25, 0.3) is 0 Å². The van der Waals surface area contributed by atoms with Crippen molar-refractivity contribution in [2.45, 2.75) is 13.3 Å². The number of ether oxygens (including phenoxy) is 2. The van der Waals surface area contributed by atoms with Gasteiger partial charge in [0.25, 0.3) is 0 Å². The number of anilines is 3. The van der Waals surface area contributed by atoms with Crippen molar-refractivity contribution < 1.29 is 9.47 Å². The van der Waals surface area contributed by atoms with Crippen molar-refractivity contribution in [3.05, 3.63) is 60.0 Å². The summed E-state index contributed by atoms with van der Waals surface area (Å²) in [6.07, 6.45) is 4.56. The Hall–Kier alpha value is -3.35. The highest BCUT2D eigenvalue weighted by Gasteiger charge is 2.13. The predicted molar refractivity (Wildman–Crippen MR) is 109 cm³/mol. The van der Waals surface area contributed by atoms with Crippen LogP contribution in [0.3, 0.4) is 0 Å². The van der Waals surface area contributed by atoms with E-state index in [-0.39, 0.29) is 0 Å². The zero-order valence-electron chi connectivity index (χ0n) is 16.1. The maximum absolute atomic E-state index is 5.64.